The molecule has 0 aliphatic rings. The number of aromatic nitrogens is 1. The van der Waals surface area contributed by atoms with E-state index in [0.29, 0.717) is 5.69 Å². The average molecular weight is 491 g/mol. The number of aromatic hydroxyl groups is 2. The fraction of sp³-hybridized carbons (Fsp3) is 0. The van der Waals surface area contributed by atoms with Crippen LogP contribution in [-0.4, -0.2) is 21.4 Å². The third-order valence-corrected chi connectivity index (χ3v) is 7.06. The highest BCUT2D eigenvalue weighted by Crippen LogP contribution is 2.42. The second-order valence-electron chi connectivity index (χ2n) is 8.36. The van der Waals surface area contributed by atoms with Gasteiger partial charge >= 0.3 is 0 Å². The Balaban J connectivity index is 1.49. The minimum absolute atomic E-state index is 0.0483. The van der Waals surface area contributed by atoms with Crippen molar-refractivity contribution in [3.8, 4) is 33.2 Å². The van der Waals surface area contributed by atoms with Crippen molar-refractivity contribution in [3.63, 3.8) is 0 Å². The van der Waals surface area contributed by atoms with Crippen LogP contribution in [0.15, 0.2) is 102 Å². The van der Waals surface area contributed by atoms with E-state index in [0.717, 1.165) is 42.7 Å². The summed E-state index contributed by atoms with van der Waals surface area (Å²) in [6.07, 6.45) is 1.44. The van der Waals surface area contributed by atoms with Crippen molar-refractivity contribution in [3.05, 3.63) is 108 Å². The number of nitrogens with zero attached hydrogens (tertiary/aromatic N) is 2. The molecule has 0 aliphatic heterocycles. The molecule has 0 radical (unpaired) electrons. The molecular formula is C30H19FN2O2S. The number of hydrogen-bond acceptors (Lipinski definition) is 5. The average Bonchev–Trinajstić information content (AvgIpc) is 3.32. The summed E-state index contributed by atoms with van der Waals surface area (Å²) in [4.78, 5) is 9.51. The summed E-state index contributed by atoms with van der Waals surface area (Å²) in [5, 5.41) is 23.5. The van der Waals surface area contributed by atoms with Crippen LogP contribution in [0.4, 0.5) is 10.1 Å². The molecule has 0 spiro atoms. The molecule has 6 rings (SSSR count). The zero-order chi connectivity index (χ0) is 24.6. The molecule has 0 saturated heterocycles. The van der Waals surface area contributed by atoms with E-state index < -0.39 is 5.82 Å². The molecule has 1 heterocycles. The van der Waals surface area contributed by atoms with Crippen molar-refractivity contribution in [2.24, 2.45) is 4.99 Å². The second-order valence-corrected chi connectivity index (χ2v) is 9.39. The maximum absolute atomic E-state index is 13.6. The summed E-state index contributed by atoms with van der Waals surface area (Å²) >= 11 is 1.47. The third-order valence-electron chi connectivity index (χ3n) is 6.03. The first-order chi connectivity index (χ1) is 17.6. The van der Waals surface area contributed by atoms with Gasteiger partial charge in [-0.25, -0.2) is 9.37 Å². The Labute approximate surface area is 210 Å². The van der Waals surface area contributed by atoms with E-state index in [1.165, 1.54) is 35.8 Å². The summed E-state index contributed by atoms with van der Waals surface area (Å²) in [6.45, 7) is 0. The number of thiazole rings is 1. The molecule has 36 heavy (non-hydrogen) atoms. The minimum Gasteiger partial charge on any atom is -0.508 e. The Morgan fingerprint density at radius 3 is 2.47 bits per heavy atom. The molecule has 6 heteroatoms. The molecule has 1 aromatic heterocycles. The van der Waals surface area contributed by atoms with Gasteiger partial charge in [0.1, 0.15) is 22.3 Å². The van der Waals surface area contributed by atoms with E-state index >= 15 is 0 Å². The standard InChI is InChI=1S/C30H19FN2O2S/c31-20-12-13-27(35)19(14-20)17-32-26-11-4-3-9-24(26)30-33-29-25(15-21(34)16-28(29)36-30)23-10-5-7-18-6-1-2-8-22(18)23/h1-17,34-35H/b32-17+. The summed E-state index contributed by atoms with van der Waals surface area (Å²) in [5.74, 6) is -0.323. The molecule has 174 valence electrons. The summed E-state index contributed by atoms with van der Waals surface area (Å²) in [6, 6.07) is 29.0. The van der Waals surface area contributed by atoms with Crippen LogP contribution >= 0.6 is 11.3 Å². The predicted molar refractivity (Wildman–Crippen MR) is 145 cm³/mol. The van der Waals surface area contributed by atoms with Crippen molar-refractivity contribution in [1.82, 2.24) is 4.98 Å². The lowest BCUT2D eigenvalue weighted by atomic mass is 9.97. The number of fused-ring (bicyclic) bond motifs is 2. The first-order valence-corrected chi connectivity index (χ1v) is 12.1. The van der Waals surface area contributed by atoms with Crippen molar-refractivity contribution in [2.75, 3.05) is 0 Å². The number of aliphatic imine (C=N–C) groups is 1. The first kappa shape index (κ1) is 21.9. The predicted octanol–water partition coefficient (Wildman–Crippen LogP) is 8.08. The van der Waals surface area contributed by atoms with Crippen molar-refractivity contribution in [1.29, 1.82) is 0 Å². The van der Waals surface area contributed by atoms with Gasteiger partial charge in [0, 0.05) is 22.9 Å². The van der Waals surface area contributed by atoms with Crippen LogP contribution in [-0.2, 0) is 0 Å². The lowest BCUT2D eigenvalue weighted by Crippen LogP contribution is -1.86. The molecule has 0 unspecified atom stereocenters. The van der Waals surface area contributed by atoms with Gasteiger partial charge in [0.05, 0.1) is 15.9 Å². The van der Waals surface area contributed by atoms with Crippen LogP contribution in [0.25, 0.3) is 42.7 Å². The maximum atomic E-state index is 13.6. The van der Waals surface area contributed by atoms with Gasteiger partial charge in [-0.2, -0.15) is 0 Å². The topological polar surface area (TPSA) is 65.7 Å². The normalized spacial score (nSPS) is 11.6. The van der Waals surface area contributed by atoms with Crippen LogP contribution in [0.2, 0.25) is 0 Å². The quantitative estimate of drug-likeness (QED) is 0.246. The SMILES string of the molecule is Oc1cc(-c2cccc3ccccc23)c2nc(-c3ccccc3/N=C/c3cc(F)ccc3O)sc2c1. The monoisotopic (exact) mass is 490 g/mol. The third kappa shape index (κ3) is 3.97. The highest BCUT2D eigenvalue weighted by Gasteiger charge is 2.16. The van der Waals surface area contributed by atoms with Gasteiger partial charge in [-0.15, -0.1) is 11.3 Å². The van der Waals surface area contributed by atoms with E-state index in [-0.39, 0.29) is 17.1 Å². The number of halogens is 1. The van der Waals surface area contributed by atoms with Crippen molar-refractivity contribution >= 4 is 44.2 Å². The number of benzene rings is 5. The Hall–Kier alpha value is -4.55. The van der Waals surface area contributed by atoms with Crippen molar-refractivity contribution < 1.29 is 14.6 Å². The molecule has 0 saturated carbocycles. The van der Waals surface area contributed by atoms with E-state index in [1.54, 1.807) is 12.1 Å². The van der Waals surface area contributed by atoms with E-state index in [2.05, 4.69) is 23.2 Å². The number of phenols is 2. The van der Waals surface area contributed by atoms with Gasteiger partial charge in [-0.05, 0) is 58.8 Å². The number of hydrogen-bond donors (Lipinski definition) is 2. The van der Waals surface area contributed by atoms with Gasteiger partial charge in [0.25, 0.3) is 0 Å². The van der Waals surface area contributed by atoms with Crippen LogP contribution in [0, 0.1) is 5.82 Å². The molecule has 0 aliphatic carbocycles. The number of phenolic OH excluding ortho intramolecular Hbond substituents is 2. The van der Waals surface area contributed by atoms with Gasteiger partial charge in [-0.3, -0.25) is 4.99 Å². The van der Waals surface area contributed by atoms with Gasteiger partial charge in [0.2, 0.25) is 0 Å². The minimum atomic E-state index is -0.450. The molecule has 0 bridgehead atoms. The zero-order valence-electron chi connectivity index (χ0n) is 18.9. The van der Waals surface area contributed by atoms with Crippen LogP contribution in [0.3, 0.4) is 0 Å². The molecular weight excluding hydrogens is 471 g/mol. The lowest BCUT2D eigenvalue weighted by molar-refractivity contribution is 0.472. The highest BCUT2D eigenvalue weighted by molar-refractivity contribution is 7.21. The molecule has 5 aromatic carbocycles. The molecule has 0 amide bonds. The first-order valence-electron chi connectivity index (χ1n) is 11.3. The fourth-order valence-corrected chi connectivity index (χ4v) is 5.39. The van der Waals surface area contributed by atoms with Crippen LogP contribution in [0.1, 0.15) is 5.56 Å². The Morgan fingerprint density at radius 2 is 1.56 bits per heavy atom. The summed E-state index contributed by atoms with van der Waals surface area (Å²) < 4.78 is 14.5. The number of para-hydroxylation sites is 1. The molecule has 0 fully saturated rings. The van der Waals surface area contributed by atoms with E-state index in [9.17, 15) is 14.6 Å². The number of rotatable bonds is 4. The van der Waals surface area contributed by atoms with E-state index in [4.69, 9.17) is 4.98 Å². The maximum Gasteiger partial charge on any atom is 0.126 e. The highest BCUT2D eigenvalue weighted by atomic mass is 32.1. The lowest BCUT2D eigenvalue weighted by Gasteiger charge is -2.08. The second kappa shape index (κ2) is 8.91. The van der Waals surface area contributed by atoms with Gasteiger partial charge < -0.3 is 10.2 Å². The Bertz CT molecular complexity index is 1790. The Morgan fingerprint density at radius 1 is 0.778 bits per heavy atom. The fourth-order valence-electron chi connectivity index (χ4n) is 4.33. The van der Waals surface area contributed by atoms with E-state index in [1.807, 2.05) is 48.5 Å². The van der Waals surface area contributed by atoms with Crippen LogP contribution < -0.4 is 0 Å². The molecule has 6 aromatic rings. The molecule has 4 nitrogen and oxygen atoms in total. The van der Waals surface area contributed by atoms with Crippen molar-refractivity contribution in [2.45, 2.75) is 0 Å². The van der Waals surface area contributed by atoms with Gasteiger partial charge in [0.15, 0.2) is 0 Å². The summed E-state index contributed by atoms with van der Waals surface area (Å²) in [5.41, 5.74) is 4.38. The Kier molecular flexibility index (Phi) is 5.43. The molecule has 2 N–H and O–H groups in total. The zero-order valence-corrected chi connectivity index (χ0v) is 19.7. The van der Waals surface area contributed by atoms with Crippen LogP contribution in [0.5, 0.6) is 11.5 Å². The largest absolute Gasteiger partial charge is 0.508 e. The molecule has 0 atom stereocenters. The smallest absolute Gasteiger partial charge is 0.126 e. The summed E-state index contributed by atoms with van der Waals surface area (Å²) in [7, 11) is 0. The van der Waals surface area contributed by atoms with Gasteiger partial charge in [-0.1, -0.05) is 54.6 Å².